The van der Waals surface area contributed by atoms with Crippen LogP contribution in [0.4, 0.5) is 4.39 Å². The Labute approximate surface area is 233 Å². The molecule has 0 unspecified atom stereocenters. The summed E-state index contributed by atoms with van der Waals surface area (Å²) in [5, 5.41) is 2.78. The summed E-state index contributed by atoms with van der Waals surface area (Å²) in [6.45, 7) is 3.48. The van der Waals surface area contributed by atoms with Gasteiger partial charge in [0.1, 0.15) is 22.3 Å². The van der Waals surface area contributed by atoms with Gasteiger partial charge in [0, 0.05) is 31.6 Å². The second-order valence-electron chi connectivity index (χ2n) is 10.2. The maximum atomic E-state index is 13.5. The number of carbonyl (C=O) groups excluding carboxylic acids is 1. The van der Waals surface area contributed by atoms with E-state index in [1.165, 1.54) is 29.0 Å². The molecule has 5 nitrogen and oxygen atoms in total. The molecule has 0 atom stereocenters. The molecule has 4 aromatic rings. The highest BCUT2D eigenvalue weighted by Crippen LogP contribution is 2.24. The molecule has 202 valence electrons. The highest BCUT2D eigenvalue weighted by atomic mass is 32.1. The number of piperidine rings is 1. The molecule has 1 fully saturated rings. The molecule has 0 spiro atoms. The molecular weight excluding hydrogens is 509 g/mol. The van der Waals surface area contributed by atoms with Crippen molar-refractivity contribution < 1.29 is 13.9 Å². The summed E-state index contributed by atoms with van der Waals surface area (Å²) in [7, 11) is 1.66. The largest absolute Gasteiger partial charge is 0.497 e. The van der Waals surface area contributed by atoms with Crippen molar-refractivity contribution in [3.63, 3.8) is 0 Å². The highest BCUT2D eigenvalue weighted by Gasteiger charge is 2.25. The first-order chi connectivity index (χ1) is 19.1. The Morgan fingerprint density at radius 3 is 2.21 bits per heavy atom. The average Bonchev–Trinajstić information content (AvgIpc) is 3.44. The van der Waals surface area contributed by atoms with Crippen molar-refractivity contribution in [1.82, 2.24) is 14.8 Å². The first kappa shape index (κ1) is 27.0. The smallest absolute Gasteiger partial charge is 0.273 e. The molecule has 1 saturated heterocycles. The van der Waals surface area contributed by atoms with Gasteiger partial charge in [-0.1, -0.05) is 54.6 Å². The predicted molar refractivity (Wildman–Crippen MR) is 153 cm³/mol. The topological polar surface area (TPSA) is 45.7 Å². The maximum Gasteiger partial charge on any atom is 0.273 e. The highest BCUT2D eigenvalue weighted by molar-refractivity contribution is 7.09. The Morgan fingerprint density at radius 2 is 1.56 bits per heavy atom. The van der Waals surface area contributed by atoms with Gasteiger partial charge < -0.3 is 9.64 Å². The van der Waals surface area contributed by atoms with Gasteiger partial charge in [-0.05, 0) is 66.1 Å². The van der Waals surface area contributed by atoms with E-state index in [4.69, 9.17) is 9.72 Å². The zero-order chi connectivity index (χ0) is 27.0. The summed E-state index contributed by atoms with van der Waals surface area (Å²) in [5.41, 5.74) is 4.06. The molecule has 0 saturated carbocycles. The second kappa shape index (κ2) is 13.0. The number of likely N-dealkylation sites (tertiary alicyclic amines) is 1. The van der Waals surface area contributed by atoms with Crippen LogP contribution in [0, 0.1) is 11.7 Å². The first-order valence-corrected chi connectivity index (χ1v) is 14.3. The van der Waals surface area contributed by atoms with Crippen LogP contribution in [0.25, 0.3) is 0 Å². The third kappa shape index (κ3) is 7.52. The summed E-state index contributed by atoms with van der Waals surface area (Å²) < 4.78 is 18.8. The lowest BCUT2D eigenvalue weighted by Crippen LogP contribution is -2.39. The van der Waals surface area contributed by atoms with Crippen LogP contribution in [0.2, 0.25) is 0 Å². The molecule has 3 aromatic carbocycles. The van der Waals surface area contributed by atoms with Crippen molar-refractivity contribution in [3.05, 3.63) is 117 Å². The molecule has 1 amide bonds. The average molecular weight is 544 g/mol. The van der Waals surface area contributed by atoms with Crippen molar-refractivity contribution in [1.29, 1.82) is 0 Å². The fourth-order valence-electron chi connectivity index (χ4n) is 5.13. The van der Waals surface area contributed by atoms with Gasteiger partial charge in [-0.2, -0.15) is 0 Å². The van der Waals surface area contributed by atoms with E-state index in [0.29, 0.717) is 31.2 Å². The summed E-state index contributed by atoms with van der Waals surface area (Å²) in [6.07, 6.45) is 3.11. The SMILES string of the molecule is COc1ccc(CN(Cc2ccc(F)cc2)Cc2nc(C(=O)N3CCC(Cc4ccccc4)CC3)cs2)cc1. The number of aromatic nitrogens is 1. The standard InChI is InChI=1S/C32H34FN3O2S/c1-38-29-13-9-27(10-14-29)21-35(20-26-7-11-28(33)12-8-26)22-31-34-30(23-39-31)32(37)36-17-15-25(16-18-36)19-24-5-3-2-4-6-24/h2-14,23,25H,15-22H2,1H3. The lowest BCUT2D eigenvalue weighted by molar-refractivity contribution is 0.0685. The van der Waals surface area contributed by atoms with E-state index in [1.54, 1.807) is 7.11 Å². The molecular formula is C32H34FN3O2S. The van der Waals surface area contributed by atoms with Crippen LogP contribution in [0.3, 0.4) is 0 Å². The molecule has 1 aliphatic rings. The van der Waals surface area contributed by atoms with Crippen LogP contribution < -0.4 is 4.74 Å². The number of thiazole rings is 1. The Bertz CT molecular complexity index is 1330. The number of nitrogens with zero attached hydrogens (tertiary/aromatic N) is 3. The van der Waals surface area contributed by atoms with Crippen LogP contribution in [0.15, 0.2) is 84.2 Å². The van der Waals surface area contributed by atoms with E-state index in [0.717, 1.165) is 54.2 Å². The Morgan fingerprint density at radius 1 is 0.923 bits per heavy atom. The fourth-order valence-corrected chi connectivity index (χ4v) is 5.94. The van der Waals surface area contributed by atoms with Gasteiger partial charge in [-0.25, -0.2) is 9.37 Å². The van der Waals surface area contributed by atoms with Gasteiger partial charge in [0.05, 0.1) is 13.7 Å². The minimum Gasteiger partial charge on any atom is -0.497 e. The van der Waals surface area contributed by atoms with Gasteiger partial charge in [-0.3, -0.25) is 9.69 Å². The minimum absolute atomic E-state index is 0.0240. The van der Waals surface area contributed by atoms with Crippen molar-refractivity contribution in [2.24, 2.45) is 5.92 Å². The van der Waals surface area contributed by atoms with E-state index in [1.807, 2.05) is 40.6 Å². The number of halogens is 1. The number of rotatable bonds is 10. The molecule has 39 heavy (non-hydrogen) atoms. The van der Waals surface area contributed by atoms with Gasteiger partial charge in [0.25, 0.3) is 5.91 Å². The number of amides is 1. The molecule has 0 aliphatic carbocycles. The van der Waals surface area contributed by atoms with Crippen LogP contribution >= 0.6 is 11.3 Å². The summed E-state index contributed by atoms with van der Waals surface area (Å²) >= 11 is 1.52. The van der Waals surface area contributed by atoms with E-state index in [2.05, 4.69) is 41.3 Å². The first-order valence-electron chi connectivity index (χ1n) is 13.4. The summed E-state index contributed by atoms with van der Waals surface area (Å²) in [5.74, 6) is 1.21. The van der Waals surface area contributed by atoms with Crippen molar-refractivity contribution >= 4 is 17.2 Å². The second-order valence-corrected chi connectivity index (χ2v) is 11.1. The molecule has 0 bridgehead atoms. The van der Waals surface area contributed by atoms with Crippen LogP contribution in [0.5, 0.6) is 5.75 Å². The van der Waals surface area contributed by atoms with Gasteiger partial charge in [-0.15, -0.1) is 11.3 Å². The minimum atomic E-state index is -0.243. The molecule has 5 rings (SSSR count). The zero-order valence-electron chi connectivity index (χ0n) is 22.3. The molecule has 0 radical (unpaired) electrons. The Kier molecular flexibility index (Phi) is 9.01. The van der Waals surface area contributed by atoms with Gasteiger partial charge in [0.2, 0.25) is 0 Å². The van der Waals surface area contributed by atoms with Crippen LogP contribution in [-0.2, 0) is 26.1 Å². The number of hydrogen-bond acceptors (Lipinski definition) is 5. The molecule has 2 heterocycles. The third-order valence-electron chi connectivity index (χ3n) is 7.28. The predicted octanol–water partition coefficient (Wildman–Crippen LogP) is 6.59. The van der Waals surface area contributed by atoms with Gasteiger partial charge >= 0.3 is 0 Å². The van der Waals surface area contributed by atoms with Crippen molar-refractivity contribution in [3.8, 4) is 5.75 Å². The van der Waals surface area contributed by atoms with E-state index >= 15 is 0 Å². The number of benzene rings is 3. The van der Waals surface area contributed by atoms with Gasteiger partial charge in [0.15, 0.2) is 0 Å². The molecule has 1 aliphatic heterocycles. The van der Waals surface area contributed by atoms with Crippen LogP contribution in [-0.4, -0.2) is 40.9 Å². The summed E-state index contributed by atoms with van der Waals surface area (Å²) in [4.78, 5) is 22.2. The zero-order valence-corrected chi connectivity index (χ0v) is 23.1. The lowest BCUT2D eigenvalue weighted by atomic mass is 9.90. The number of methoxy groups -OCH3 is 1. The normalized spacial score (nSPS) is 14.1. The lowest BCUT2D eigenvalue weighted by Gasteiger charge is -2.31. The molecule has 0 N–H and O–H groups in total. The van der Waals surface area contributed by atoms with Crippen LogP contribution in [0.1, 0.15) is 45.0 Å². The van der Waals surface area contributed by atoms with E-state index in [9.17, 15) is 9.18 Å². The maximum absolute atomic E-state index is 13.5. The van der Waals surface area contributed by atoms with E-state index in [-0.39, 0.29) is 11.7 Å². The number of ether oxygens (including phenoxy) is 1. The third-order valence-corrected chi connectivity index (χ3v) is 8.12. The Hall–Kier alpha value is -3.55. The number of carbonyl (C=O) groups is 1. The Balaban J connectivity index is 1.21. The van der Waals surface area contributed by atoms with Crippen molar-refractivity contribution in [2.75, 3.05) is 20.2 Å². The number of hydrogen-bond donors (Lipinski definition) is 0. The summed E-state index contributed by atoms with van der Waals surface area (Å²) in [6, 6.07) is 25.2. The quantitative estimate of drug-likeness (QED) is 0.226. The fraction of sp³-hybridized carbons (Fsp3) is 0.312. The monoisotopic (exact) mass is 543 g/mol. The van der Waals surface area contributed by atoms with E-state index < -0.39 is 0 Å². The molecule has 1 aromatic heterocycles. The molecule has 7 heteroatoms. The van der Waals surface area contributed by atoms with Crippen molar-refractivity contribution in [2.45, 2.75) is 38.9 Å².